The third kappa shape index (κ3) is 3.58. The lowest BCUT2D eigenvalue weighted by Gasteiger charge is -2.50. The Balaban J connectivity index is 1.80. The predicted octanol–water partition coefficient (Wildman–Crippen LogP) is 4.91. The minimum Gasteiger partial charge on any atom is -0.493 e. The number of carbonyl (C=O) groups is 2. The number of ether oxygens (including phenoxy) is 3. The summed E-state index contributed by atoms with van der Waals surface area (Å²) in [6.07, 6.45) is 2.17. The number of hydrogen-bond acceptors (Lipinski definition) is 6. The van der Waals surface area contributed by atoms with Crippen molar-refractivity contribution in [3.05, 3.63) is 41.5 Å². The lowest BCUT2D eigenvalue weighted by atomic mass is 9.52. The summed E-state index contributed by atoms with van der Waals surface area (Å²) < 4.78 is 17.4. The fourth-order valence-corrected chi connectivity index (χ4v) is 5.46. The van der Waals surface area contributed by atoms with E-state index >= 15 is 0 Å². The quantitative estimate of drug-likeness (QED) is 0.593. The van der Waals surface area contributed by atoms with E-state index in [4.69, 9.17) is 14.2 Å². The number of nitriles is 1. The van der Waals surface area contributed by atoms with Gasteiger partial charge in [-0.25, -0.2) is 0 Å². The molecule has 0 spiro atoms. The van der Waals surface area contributed by atoms with Gasteiger partial charge in [-0.15, -0.1) is 0 Å². The normalized spacial score (nSPS) is 21.3. The zero-order valence-electron chi connectivity index (χ0n) is 19.9. The molecule has 0 amide bonds. The number of carboxylic acids is 1. The van der Waals surface area contributed by atoms with Crippen LogP contribution < -0.4 is 14.2 Å². The van der Waals surface area contributed by atoms with Gasteiger partial charge < -0.3 is 19.3 Å². The van der Waals surface area contributed by atoms with Crippen LogP contribution in [0.2, 0.25) is 0 Å². The number of nitrogens with zero attached hydrogens (tertiary/aromatic N) is 1. The van der Waals surface area contributed by atoms with Crippen molar-refractivity contribution in [2.45, 2.75) is 39.5 Å². The number of carboxylic acid groups (broad SMARTS) is 1. The molecule has 34 heavy (non-hydrogen) atoms. The van der Waals surface area contributed by atoms with Crippen LogP contribution in [0.15, 0.2) is 30.3 Å². The number of hydrogen-bond donors (Lipinski definition) is 1. The van der Waals surface area contributed by atoms with Gasteiger partial charge in [-0.2, -0.15) is 5.26 Å². The topological polar surface area (TPSA) is 106 Å². The molecule has 178 valence electrons. The second kappa shape index (κ2) is 8.68. The van der Waals surface area contributed by atoms with Gasteiger partial charge in [0.15, 0.2) is 17.3 Å². The van der Waals surface area contributed by atoms with E-state index in [0.717, 1.165) is 11.1 Å². The van der Waals surface area contributed by atoms with Crippen LogP contribution in [0, 0.1) is 28.1 Å². The third-order valence-electron chi connectivity index (χ3n) is 7.47. The SMILES string of the molecule is COc1ccc(-c2cccc3c2CCC3=O)c(OCC2(C(=O)O)CCC2C(C)(C)C#N)c1OC. The molecule has 2 unspecified atom stereocenters. The van der Waals surface area contributed by atoms with Crippen molar-refractivity contribution in [1.82, 2.24) is 0 Å². The summed E-state index contributed by atoms with van der Waals surface area (Å²) >= 11 is 0. The van der Waals surface area contributed by atoms with E-state index in [1.807, 2.05) is 24.3 Å². The van der Waals surface area contributed by atoms with Crippen LogP contribution in [-0.4, -0.2) is 37.7 Å². The van der Waals surface area contributed by atoms with E-state index in [9.17, 15) is 20.0 Å². The number of ketones is 1. The van der Waals surface area contributed by atoms with E-state index < -0.39 is 16.8 Å². The lowest BCUT2D eigenvalue weighted by Crippen LogP contribution is -2.55. The highest BCUT2D eigenvalue weighted by molar-refractivity contribution is 6.02. The molecule has 0 bridgehead atoms. The molecule has 0 aromatic heterocycles. The average molecular weight is 464 g/mol. The Bertz CT molecular complexity index is 1190. The largest absolute Gasteiger partial charge is 0.493 e. The Labute approximate surface area is 199 Å². The Morgan fingerprint density at radius 3 is 2.44 bits per heavy atom. The second-order valence-corrected chi connectivity index (χ2v) is 9.61. The molecule has 7 nitrogen and oxygen atoms in total. The third-order valence-corrected chi connectivity index (χ3v) is 7.47. The van der Waals surface area contributed by atoms with Gasteiger partial charge in [-0.3, -0.25) is 9.59 Å². The minimum absolute atomic E-state index is 0.109. The molecule has 2 aliphatic carbocycles. The first kappa shape index (κ1) is 23.6. The van der Waals surface area contributed by atoms with E-state index in [2.05, 4.69) is 6.07 Å². The van der Waals surface area contributed by atoms with E-state index in [1.165, 1.54) is 14.2 Å². The summed E-state index contributed by atoms with van der Waals surface area (Å²) in [5, 5.41) is 19.8. The van der Waals surface area contributed by atoms with E-state index in [0.29, 0.717) is 54.1 Å². The number of rotatable bonds is 8. The minimum atomic E-state index is -1.18. The molecule has 1 N–H and O–H groups in total. The summed E-state index contributed by atoms with van der Waals surface area (Å²) in [5.74, 6) is -0.0196. The van der Waals surface area contributed by atoms with Crippen molar-refractivity contribution in [1.29, 1.82) is 5.26 Å². The highest BCUT2D eigenvalue weighted by Gasteiger charge is 2.59. The number of carbonyl (C=O) groups excluding carboxylic acids is 1. The molecular formula is C27H29NO6. The van der Waals surface area contributed by atoms with Crippen LogP contribution in [0.25, 0.3) is 11.1 Å². The summed E-state index contributed by atoms with van der Waals surface area (Å²) in [6, 6.07) is 11.5. The molecule has 2 aromatic carbocycles. The van der Waals surface area contributed by atoms with Crippen molar-refractivity contribution in [2.75, 3.05) is 20.8 Å². The molecule has 2 atom stereocenters. The molecule has 4 rings (SSSR count). The Morgan fingerprint density at radius 1 is 1.12 bits per heavy atom. The molecule has 1 saturated carbocycles. The molecule has 7 heteroatoms. The Morgan fingerprint density at radius 2 is 1.85 bits per heavy atom. The molecule has 0 radical (unpaired) electrons. The average Bonchev–Trinajstić information content (AvgIpc) is 3.18. The van der Waals surface area contributed by atoms with Crippen LogP contribution in [0.4, 0.5) is 0 Å². The van der Waals surface area contributed by atoms with E-state index in [-0.39, 0.29) is 18.3 Å². The predicted molar refractivity (Wildman–Crippen MR) is 125 cm³/mol. The summed E-state index contributed by atoms with van der Waals surface area (Å²) in [5.41, 5.74) is 1.23. The molecule has 0 aliphatic heterocycles. The van der Waals surface area contributed by atoms with Crippen LogP contribution in [-0.2, 0) is 11.2 Å². The lowest BCUT2D eigenvalue weighted by molar-refractivity contribution is -0.171. The first-order valence-corrected chi connectivity index (χ1v) is 11.4. The number of methoxy groups -OCH3 is 2. The molecule has 1 fully saturated rings. The van der Waals surface area contributed by atoms with Gasteiger partial charge in [0.1, 0.15) is 12.0 Å². The number of benzene rings is 2. The van der Waals surface area contributed by atoms with Gasteiger partial charge in [0.25, 0.3) is 0 Å². The fraction of sp³-hybridized carbons (Fsp3) is 0.444. The van der Waals surface area contributed by atoms with Crippen LogP contribution in [0.5, 0.6) is 17.2 Å². The highest BCUT2D eigenvalue weighted by atomic mass is 16.5. The first-order chi connectivity index (χ1) is 16.2. The van der Waals surface area contributed by atoms with Crippen molar-refractivity contribution in [3.8, 4) is 34.4 Å². The van der Waals surface area contributed by atoms with Gasteiger partial charge in [-0.05, 0) is 62.3 Å². The maximum absolute atomic E-state index is 12.4. The Hall–Kier alpha value is -3.53. The first-order valence-electron chi connectivity index (χ1n) is 11.4. The van der Waals surface area contributed by atoms with Crippen molar-refractivity contribution in [3.63, 3.8) is 0 Å². The maximum atomic E-state index is 12.4. The smallest absolute Gasteiger partial charge is 0.313 e. The van der Waals surface area contributed by atoms with Gasteiger partial charge >= 0.3 is 5.97 Å². The van der Waals surface area contributed by atoms with Gasteiger partial charge in [0.2, 0.25) is 5.75 Å². The zero-order valence-corrected chi connectivity index (χ0v) is 19.9. The van der Waals surface area contributed by atoms with Gasteiger partial charge in [-0.1, -0.05) is 18.2 Å². The van der Waals surface area contributed by atoms with Crippen LogP contribution in [0.1, 0.15) is 49.0 Å². The fourth-order valence-electron chi connectivity index (χ4n) is 5.46. The summed E-state index contributed by atoms with van der Waals surface area (Å²) in [6.45, 7) is 3.44. The number of fused-ring (bicyclic) bond motifs is 1. The molecule has 0 saturated heterocycles. The maximum Gasteiger partial charge on any atom is 0.313 e. The molecule has 0 heterocycles. The van der Waals surface area contributed by atoms with Crippen LogP contribution >= 0.6 is 0 Å². The van der Waals surface area contributed by atoms with Crippen molar-refractivity contribution < 1.29 is 28.9 Å². The van der Waals surface area contributed by atoms with Crippen molar-refractivity contribution >= 4 is 11.8 Å². The highest BCUT2D eigenvalue weighted by Crippen LogP contribution is 2.56. The van der Waals surface area contributed by atoms with Crippen molar-refractivity contribution in [2.24, 2.45) is 16.7 Å². The Kier molecular flexibility index (Phi) is 6.03. The van der Waals surface area contributed by atoms with E-state index in [1.54, 1.807) is 19.9 Å². The standard InChI is InChI=1S/C27H29NO6/c1-26(2,14-28)22-12-13-27(22,25(30)31)15-34-23-19(9-11-21(32-3)24(23)33-4)16-6-5-7-18-17(16)8-10-20(18)29/h5-7,9,11,22H,8,10,12-13,15H2,1-4H3,(H,30,31). The summed E-state index contributed by atoms with van der Waals surface area (Å²) in [4.78, 5) is 24.8. The monoisotopic (exact) mass is 463 g/mol. The number of Topliss-reactive ketones (excluding diaryl/α,β-unsaturated/α-hetero) is 1. The second-order valence-electron chi connectivity index (χ2n) is 9.61. The van der Waals surface area contributed by atoms with Gasteiger partial charge in [0, 0.05) is 17.5 Å². The zero-order chi connectivity index (χ0) is 24.7. The van der Waals surface area contributed by atoms with Crippen LogP contribution in [0.3, 0.4) is 0 Å². The molecule has 2 aromatic rings. The molecule has 2 aliphatic rings. The summed E-state index contributed by atoms with van der Waals surface area (Å²) in [7, 11) is 3.03. The molecular weight excluding hydrogens is 434 g/mol. The number of aliphatic carboxylic acids is 1. The van der Waals surface area contributed by atoms with Gasteiger partial charge in [0.05, 0.1) is 25.7 Å².